The molecule has 160 valence electrons. The van der Waals surface area contributed by atoms with Gasteiger partial charge in [0.25, 0.3) is 5.91 Å². The van der Waals surface area contributed by atoms with Gasteiger partial charge in [-0.1, -0.05) is 59.3 Å². The lowest BCUT2D eigenvalue weighted by Crippen LogP contribution is -2.24. The summed E-state index contributed by atoms with van der Waals surface area (Å²) >= 11 is 7.12. The second kappa shape index (κ2) is 10.1. The third-order valence-corrected chi connectivity index (χ3v) is 5.62. The summed E-state index contributed by atoms with van der Waals surface area (Å²) in [6.45, 7) is 1.73. The van der Waals surface area contributed by atoms with Gasteiger partial charge in [0, 0.05) is 0 Å². The molecule has 3 rings (SSSR count). The molecule has 0 spiro atoms. The molecular formula is C21H17ClN3O5S-. The van der Waals surface area contributed by atoms with Crippen LogP contribution in [-0.2, 0) is 11.3 Å². The van der Waals surface area contributed by atoms with E-state index < -0.39 is 11.9 Å². The van der Waals surface area contributed by atoms with Crippen molar-refractivity contribution >= 4 is 41.0 Å². The molecule has 8 nitrogen and oxygen atoms in total. The van der Waals surface area contributed by atoms with Gasteiger partial charge in [-0.25, -0.2) is 5.43 Å². The molecule has 0 radical (unpaired) electrons. The molecule has 1 heterocycles. The summed E-state index contributed by atoms with van der Waals surface area (Å²) in [4.78, 5) is 35.2. The second-order valence-corrected chi connectivity index (χ2v) is 7.80. The van der Waals surface area contributed by atoms with Crippen molar-refractivity contribution in [1.82, 2.24) is 9.99 Å². The average Bonchev–Trinajstić information content (AvgIpc) is 3.01. The van der Waals surface area contributed by atoms with Gasteiger partial charge < -0.3 is 14.6 Å². The summed E-state index contributed by atoms with van der Waals surface area (Å²) in [7, 11) is 0. The summed E-state index contributed by atoms with van der Waals surface area (Å²) < 4.78 is 6.71. The van der Waals surface area contributed by atoms with Crippen molar-refractivity contribution in [2.45, 2.75) is 13.5 Å². The van der Waals surface area contributed by atoms with Crippen LogP contribution in [0, 0.1) is 6.92 Å². The fraction of sp³-hybridized carbons (Fsp3) is 0.143. The summed E-state index contributed by atoms with van der Waals surface area (Å²) in [6.07, 6.45) is 1.27. The van der Waals surface area contributed by atoms with Gasteiger partial charge >= 0.3 is 4.87 Å². The number of aromatic nitrogens is 1. The minimum Gasteiger partial charge on any atom is -0.545 e. The highest BCUT2D eigenvalue weighted by Gasteiger charge is 2.12. The first-order chi connectivity index (χ1) is 14.8. The van der Waals surface area contributed by atoms with Crippen molar-refractivity contribution in [3.05, 3.63) is 84.9 Å². The molecule has 0 aliphatic carbocycles. The number of hydrazone groups is 1. The Bertz CT molecular complexity index is 1200. The van der Waals surface area contributed by atoms with Crippen molar-refractivity contribution in [2.24, 2.45) is 5.10 Å². The van der Waals surface area contributed by atoms with E-state index in [0.29, 0.717) is 16.2 Å². The maximum atomic E-state index is 12.3. The number of aromatic carboxylic acids is 1. The van der Waals surface area contributed by atoms with Crippen molar-refractivity contribution in [3.63, 3.8) is 0 Å². The Morgan fingerprint density at radius 1 is 1.26 bits per heavy atom. The van der Waals surface area contributed by atoms with Gasteiger partial charge in [-0.2, -0.15) is 5.10 Å². The molecule has 31 heavy (non-hydrogen) atoms. The van der Waals surface area contributed by atoms with E-state index in [9.17, 15) is 19.5 Å². The standard InChI is InChI=1S/C21H18ClN3O5S/c1-13-5-2-3-8-16(13)30-12-18(26)24-23-10-17-19(22)25(21(29)31-17)11-14-6-4-7-15(9-14)20(27)28/h2-10H,11-12H2,1H3,(H,24,26)(H,27,28)/p-1/b23-10-. The van der Waals surface area contributed by atoms with Crippen LogP contribution in [0.4, 0.5) is 0 Å². The minimum atomic E-state index is -1.31. The van der Waals surface area contributed by atoms with Crippen molar-refractivity contribution in [3.8, 4) is 5.75 Å². The molecule has 0 saturated heterocycles. The number of halogens is 1. The lowest BCUT2D eigenvalue weighted by molar-refractivity contribution is -0.255. The number of carboxylic acids is 1. The average molecular weight is 459 g/mol. The maximum absolute atomic E-state index is 12.3. The van der Waals surface area contributed by atoms with Crippen molar-refractivity contribution < 1.29 is 19.4 Å². The predicted octanol–water partition coefficient (Wildman–Crippen LogP) is 1.81. The van der Waals surface area contributed by atoms with E-state index in [1.54, 1.807) is 18.2 Å². The number of carbonyl (C=O) groups is 2. The molecule has 1 amide bonds. The van der Waals surface area contributed by atoms with Gasteiger partial charge in [0.05, 0.1) is 23.6 Å². The molecule has 0 saturated carbocycles. The highest BCUT2D eigenvalue weighted by Crippen LogP contribution is 2.19. The van der Waals surface area contributed by atoms with E-state index >= 15 is 0 Å². The Hall–Kier alpha value is -3.43. The van der Waals surface area contributed by atoms with Crippen LogP contribution in [0.3, 0.4) is 0 Å². The van der Waals surface area contributed by atoms with Crippen LogP contribution in [0.25, 0.3) is 0 Å². The van der Waals surface area contributed by atoms with E-state index in [1.807, 2.05) is 25.1 Å². The Balaban J connectivity index is 1.62. The predicted molar refractivity (Wildman–Crippen MR) is 116 cm³/mol. The molecule has 0 bridgehead atoms. The fourth-order valence-corrected chi connectivity index (χ4v) is 3.76. The topological polar surface area (TPSA) is 113 Å². The van der Waals surface area contributed by atoms with Crippen LogP contribution in [0.5, 0.6) is 5.75 Å². The van der Waals surface area contributed by atoms with Crippen LogP contribution in [-0.4, -0.2) is 29.3 Å². The first kappa shape index (κ1) is 22.3. The Labute approximate surface area is 186 Å². The fourth-order valence-electron chi connectivity index (χ4n) is 2.65. The number of rotatable bonds is 8. The molecule has 3 aromatic rings. The van der Waals surface area contributed by atoms with E-state index in [4.69, 9.17) is 16.3 Å². The van der Waals surface area contributed by atoms with Crippen molar-refractivity contribution in [1.29, 1.82) is 0 Å². The number of nitrogens with one attached hydrogen (secondary N) is 1. The minimum absolute atomic E-state index is 0.00862. The number of aryl methyl sites for hydroxylation is 1. The lowest BCUT2D eigenvalue weighted by atomic mass is 10.1. The zero-order valence-electron chi connectivity index (χ0n) is 16.3. The third kappa shape index (κ3) is 5.80. The molecule has 1 N–H and O–H groups in total. The Morgan fingerprint density at radius 2 is 2.03 bits per heavy atom. The number of hydrogen-bond donors (Lipinski definition) is 1. The van der Waals surface area contributed by atoms with E-state index in [1.165, 1.54) is 22.9 Å². The first-order valence-corrected chi connectivity index (χ1v) is 10.2. The van der Waals surface area contributed by atoms with Crippen LogP contribution >= 0.6 is 22.9 Å². The second-order valence-electron chi connectivity index (χ2n) is 6.44. The summed E-state index contributed by atoms with van der Waals surface area (Å²) in [5.74, 6) is -1.18. The molecule has 0 fully saturated rings. The molecule has 0 aliphatic heterocycles. The molecule has 2 aromatic carbocycles. The number of carbonyl (C=O) groups excluding carboxylic acids is 2. The normalized spacial score (nSPS) is 10.9. The highest BCUT2D eigenvalue weighted by molar-refractivity contribution is 7.11. The number of carboxylic acid groups (broad SMARTS) is 1. The molecule has 10 heteroatoms. The quantitative estimate of drug-likeness (QED) is 0.408. The highest BCUT2D eigenvalue weighted by atomic mass is 35.5. The largest absolute Gasteiger partial charge is 0.545 e. The number of thiazole rings is 1. The number of benzene rings is 2. The van der Waals surface area contributed by atoms with Gasteiger partial charge in [-0.05, 0) is 35.7 Å². The Kier molecular flexibility index (Phi) is 7.22. The molecule has 0 atom stereocenters. The van der Waals surface area contributed by atoms with E-state index in [-0.39, 0.29) is 28.7 Å². The maximum Gasteiger partial charge on any atom is 0.309 e. The number of amides is 1. The summed E-state index contributed by atoms with van der Waals surface area (Å²) in [5, 5.41) is 14.9. The molecule has 0 aliphatic rings. The number of para-hydroxylation sites is 1. The van der Waals surface area contributed by atoms with Crippen LogP contribution < -0.4 is 20.1 Å². The van der Waals surface area contributed by atoms with Gasteiger partial charge in [0.15, 0.2) is 6.61 Å². The lowest BCUT2D eigenvalue weighted by Gasteiger charge is -2.07. The van der Waals surface area contributed by atoms with Crippen LogP contribution in [0.1, 0.15) is 26.4 Å². The monoisotopic (exact) mass is 458 g/mol. The van der Waals surface area contributed by atoms with Gasteiger partial charge in [0.2, 0.25) is 0 Å². The smallest absolute Gasteiger partial charge is 0.309 e. The zero-order chi connectivity index (χ0) is 22.4. The Morgan fingerprint density at radius 3 is 2.77 bits per heavy atom. The number of ether oxygens (including phenoxy) is 1. The molecule has 0 unspecified atom stereocenters. The number of nitrogens with zero attached hydrogens (tertiary/aromatic N) is 2. The zero-order valence-corrected chi connectivity index (χ0v) is 17.9. The number of hydrogen-bond acceptors (Lipinski definition) is 7. The summed E-state index contributed by atoms with van der Waals surface area (Å²) in [6, 6.07) is 13.4. The van der Waals surface area contributed by atoms with E-state index in [2.05, 4.69) is 10.5 Å². The van der Waals surface area contributed by atoms with Crippen LogP contribution in [0.2, 0.25) is 5.15 Å². The van der Waals surface area contributed by atoms with Gasteiger partial charge in [-0.15, -0.1) is 0 Å². The first-order valence-electron chi connectivity index (χ1n) is 9.05. The van der Waals surface area contributed by atoms with Crippen LogP contribution in [0.15, 0.2) is 58.4 Å². The SMILES string of the molecule is Cc1ccccc1OCC(=O)N/N=C\c1sc(=O)n(Cc2cccc(C(=O)[O-])c2)c1Cl. The van der Waals surface area contributed by atoms with Gasteiger partial charge in [-0.3, -0.25) is 14.2 Å². The summed E-state index contributed by atoms with van der Waals surface area (Å²) in [5.41, 5.74) is 3.81. The third-order valence-electron chi connectivity index (χ3n) is 4.18. The van der Waals surface area contributed by atoms with Crippen molar-refractivity contribution in [2.75, 3.05) is 6.61 Å². The van der Waals surface area contributed by atoms with E-state index in [0.717, 1.165) is 16.9 Å². The molecule has 1 aromatic heterocycles. The van der Waals surface area contributed by atoms with Gasteiger partial charge in [0.1, 0.15) is 10.9 Å². The molecular weight excluding hydrogens is 442 g/mol.